The molecule has 0 N–H and O–H groups in total. The van der Waals surface area contributed by atoms with Gasteiger partial charge >= 0.3 is 0 Å². The summed E-state index contributed by atoms with van der Waals surface area (Å²) in [6.45, 7) is 2.00. The molecular weight excluding hydrogens is 428 g/mol. The molecule has 3 saturated carbocycles. The number of hydrogen-bond acceptors (Lipinski definition) is 5. The number of rotatable bonds is 4. The van der Waals surface area contributed by atoms with Crippen LogP contribution < -0.4 is 0 Å². The van der Waals surface area contributed by atoms with Gasteiger partial charge in [-0.25, -0.2) is 4.98 Å². The van der Waals surface area contributed by atoms with E-state index in [4.69, 9.17) is 9.41 Å². The fraction of sp³-hybridized carbons (Fsp3) is 0.259. The topological polar surface area (TPSA) is 86.5 Å². The number of para-hydroxylation sites is 1. The molecule has 34 heavy (non-hydrogen) atoms. The maximum atomic E-state index is 11.9. The van der Waals surface area contributed by atoms with E-state index in [2.05, 4.69) is 27.8 Å². The van der Waals surface area contributed by atoms with Crippen molar-refractivity contribution in [2.75, 3.05) is 0 Å². The van der Waals surface area contributed by atoms with Crippen LogP contribution in [0.15, 0.2) is 76.6 Å². The van der Waals surface area contributed by atoms with Gasteiger partial charge in [0.2, 0.25) is 0 Å². The van der Waals surface area contributed by atoms with Gasteiger partial charge < -0.3 is 4.42 Å². The second-order valence-corrected chi connectivity index (χ2v) is 9.74. The highest BCUT2D eigenvalue weighted by atomic mass is 16.6. The van der Waals surface area contributed by atoms with E-state index < -0.39 is 0 Å². The first-order valence-electron chi connectivity index (χ1n) is 11.6. The Balaban J connectivity index is 1.50. The number of nitro groups is 1. The second-order valence-electron chi connectivity index (χ2n) is 9.74. The highest BCUT2D eigenvalue weighted by Gasteiger charge is 2.57. The lowest BCUT2D eigenvalue weighted by Crippen LogP contribution is -2.55. The van der Waals surface area contributed by atoms with Gasteiger partial charge in [-0.05, 0) is 73.4 Å². The molecule has 0 spiro atoms. The van der Waals surface area contributed by atoms with Crippen LogP contribution in [0, 0.1) is 16.0 Å². The Hall–Kier alpha value is -4.00. The number of hydrogen-bond donors (Lipinski definition) is 0. The lowest BCUT2D eigenvalue weighted by Gasteiger charge is -2.62. The Morgan fingerprint density at radius 3 is 2.62 bits per heavy atom. The lowest BCUT2D eigenvalue weighted by molar-refractivity contribution is -0.385. The van der Waals surface area contributed by atoms with Gasteiger partial charge in [-0.1, -0.05) is 18.2 Å². The van der Waals surface area contributed by atoms with Crippen LogP contribution in [0.1, 0.15) is 54.6 Å². The predicted molar refractivity (Wildman–Crippen MR) is 127 cm³/mol. The molecule has 3 heterocycles. The van der Waals surface area contributed by atoms with Gasteiger partial charge in [-0.2, -0.15) is 0 Å². The van der Waals surface area contributed by atoms with Crippen LogP contribution >= 0.6 is 0 Å². The fourth-order valence-corrected chi connectivity index (χ4v) is 6.02. The van der Waals surface area contributed by atoms with E-state index in [1.54, 1.807) is 30.8 Å². The van der Waals surface area contributed by atoms with Crippen LogP contribution in [0.5, 0.6) is 0 Å². The minimum atomic E-state index is -0.325. The van der Waals surface area contributed by atoms with Crippen molar-refractivity contribution in [1.29, 1.82) is 0 Å². The first-order valence-corrected chi connectivity index (χ1v) is 11.6. The quantitative estimate of drug-likeness (QED) is 0.282. The van der Waals surface area contributed by atoms with Gasteiger partial charge in [0.1, 0.15) is 12.0 Å². The Labute approximate surface area is 195 Å². The molecule has 0 saturated heterocycles. The minimum absolute atomic E-state index is 0.0614. The molecule has 1 atom stereocenters. The summed E-state index contributed by atoms with van der Waals surface area (Å²) in [5, 5.41) is 11.9. The van der Waals surface area contributed by atoms with Crippen molar-refractivity contribution in [1.82, 2.24) is 9.55 Å². The van der Waals surface area contributed by atoms with Crippen LogP contribution in [0.2, 0.25) is 0 Å². The van der Waals surface area contributed by atoms with E-state index in [9.17, 15) is 10.1 Å². The van der Waals surface area contributed by atoms with Crippen molar-refractivity contribution in [2.45, 2.75) is 37.6 Å². The Kier molecular flexibility index (Phi) is 3.87. The van der Waals surface area contributed by atoms with Crippen molar-refractivity contribution in [3.63, 3.8) is 0 Å². The minimum Gasteiger partial charge on any atom is -0.463 e. The lowest BCUT2D eigenvalue weighted by atomic mass is 9.42. The largest absolute Gasteiger partial charge is 0.463 e. The van der Waals surface area contributed by atoms with Crippen molar-refractivity contribution >= 4 is 11.4 Å². The summed E-state index contributed by atoms with van der Waals surface area (Å²) in [4.78, 5) is 21.4. The number of fused-ring (bicyclic) bond motifs is 3. The molecule has 7 heteroatoms. The Bertz CT molecular complexity index is 1480. The van der Waals surface area contributed by atoms with Crippen molar-refractivity contribution in [3.8, 4) is 17.1 Å². The standard InChI is InChI=1S/C27H22N4O3/c1-16-26-25(23-7-4-10-34-23)28-15-30(26)21-9-8-18(27-12-17(13-27)14-27)11-20(21)24(29-16)19-5-2-3-6-22(19)31(32)33/h2-11,15-17H,12-14H2,1H3/t16-,17?,27?/m1/s1. The van der Waals surface area contributed by atoms with Crippen LogP contribution in [0.25, 0.3) is 17.1 Å². The average molecular weight is 450 g/mol. The summed E-state index contributed by atoms with van der Waals surface area (Å²) in [6.07, 6.45) is 7.15. The van der Waals surface area contributed by atoms with Gasteiger partial charge in [0.25, 0.3) is 5.69 Å². The molecule has 0 unspecified atom stereocenters. The molecule has 3 fully saturated rings. The van der Waals surface area contributed by atoms with Gasteiger partial charge in [0, 0.05) is 11.6 Å². The van der Waals surface area contributed by atoms with E-state index in [0.717, 1.165) is 28.6 Å². The van der Waals surface area contributed by atoms with Crippen LogP contribution in [0.3, 0.4) is 0 Å². The molecule has 2 aromatic heterocycles. The SMILES string of the molecule is C[C@H]1N=C(c2ccccc2[N+](=O)[O-])c2cc(C34CC(C3)C4)ccc2-n2cnc(-c3ccco3)c21. The first-order chi connectivity index (χ1) is 16.5. The molecule has 4 aliphatic rings. The van der Waals surface area contributed by atoms with Gasteiger partial charge in [-0.3, -0.25) is 19.7 Å². The third kappa shape index (κ3) is 2.58. The third-order valence-electron chi connectivity index (χ3n) is 7.80. The monoisotopic (exact) mass is 450 g/mol. The van der Waals surface area contributed by atoms with E-state index in [0.29, 0.717) is 17.0 Å². The summed E-state index contributed by atoms with van der Waals surface area (Å²) >= 11 is 0. The fourth-order valence-electron chi connectivity index (χ4n) is 6.02. The third-order valence-corrected chi connectivity index (χ3v) is 7.80. The zero-order valence-corrected chi connectivity index (χ0v) is 18.6. The molecule has 3 aliphatic carbocycles. The Morgan fingerprint density at radius 2 is 1.91 bits per heavy atom. The summed E-state index contributed by atoms with van der Waals surface area (Å²) in [5.74, 6) is 1.54. The molecule has 2 bridgehead atoms. The van der Waals surface area contributed by atoms with E-state index in [1.807, 2.05) is 25.1 Å². The number of imidazole rings is 1. The van der Waals surface area contributed by atoms with Crippen LogP contribution in [0.4, 0.5) is 5.69 Å². The first kappa shape index (κ1) is 19.5. The summed E-state index contributed by atoms with van der Waals surface area (Å²) in [7, 11) is 0. The van der Waals surface area contributed by atoms with Crippen LogP contribution in [-0.4, -0.2) is 20.2 Å². The number of nitrogens with zero attached hydrogens (tertiary/aromatic N) is 4. The number of furan rings is 1. The van der Waals surface area contributed by atoms with Crippen molar-refractivity contribution in [2.24, 2.45) is 10.9 Å². The van der Waals surface area contributed by atoms with E-state index >= 15 is 0 Å². The number of nitro benzene ring substituents is 1. The molecule has 2 aromatic carbocycles. The van der Waals surface area contributed by atoms with Gasteiger partial charge in [0.15, 0.2) is 5.76 Å². The van der Waals surface area contributed by atoms with Gasteiger partial charge in [-0.15, -0.1) is 0 Å². The average Bonchev–Trinajstić information content (AvgIpc) is 3.43. The van der Waals surface area contributed by atoms with Crippen molar-refractivity contribution in [3.05, 3.63) is 99.7 Å². The predicted octanol–water partition coefficient (Wildman–Crippen LogP) is 6.00. The molecule has 7 nitrogen and oxygen atoms in total. The molecular formula is C27H22N4O3. The number of aliphatic imine (C=N–C) groups is 1. The van der Waals surface area contributed by atoms with E-state index in [1.165, 1.54) is 24.8 Å². The highest BCUT2D eigenvalue weighted by molar-refractivity contribution is 6.17. The number of aromatic nitrogens is 2. The second kappa shape index (κ2) is 6.76. The summed E-state index contributed by atoms with van der Waals surface area (Å²) in [6, 6.07) is 16.9. The molecule has 8 rings (SSSR count). The zero-order valence-electron chi connectivity index (χ0n) is 18.6. The molecule has 168 valence electrons. The summed E-state index contributed by atoms with van der Waals surface area (Å²) < 4.78 is 7.73. The molecule has 0 radical (unpaired) electrons. The summed E-state index contributed by atoms with van der Waals surface area (Å²) in [5.41, 5.74) is 6.30. The molecule has 4 aromatic rings. The highest BCUT2D eigenvalue weighted by Crippen LogP contribution is 2.65. The van der Waals surface area contributed by atoms with Crippen molar-refractivity contribution < 1.29 is 9.34 Å². The smallest absolute Gasteiger partial charge is 0.278 e. The van der Waals surface area contributed by atoms with E-state index in [-0.39, 0.29) is 22.1 Å². The van der Waals surface area contributed by atoms with Crippen LogP contribution in [-0.2, 0) is 5.41 Å². The molecule has 0 amide bonds. The maximum absolute atomic E-state index is 11.9. The number of benzene rings is 2. The maximum Gasteiger partial charge on any atom is 0.278 e. The van der Waals surface area contributed by atoms with Gasteiger partial charge in [0.05, 0.1) is 39.9 Å². The Morgan fingerprint density at radius 1 is 1.09 bits per heavy atom. The molecule has 1 aliphatic heterocycles. The zero-order chi connectivity index (χ0) is 23.0. The normalized spacial score (nSPS) is 24.2.